The van der Waals surface area contributed by atoms with E-state index in [0.717, 1.165) is 32.2 Å². The molecule has 102 valence electrons. The van der Waals surface area contributed by atoms with Crippen molar-refractivity contribution in [2.45, 2.75) is 45.6 Å². The van der Waals surface area contributed by atoms with Gasteiger partial charge in [-0.1, -0.05) is 26.7 Å². The summed E-state index contributed by atoms with van der Waals surface area (Å²) in [6.07, 6.45) is 5.46. The summed E-state index contributed by atoms with van der Waals surface area (Å²) in [7, 11) is 1.78. The molecule has 0 aromatic heterocycles. The van der Waals surface area contributed by atoms with E-state index < -0.39 is 0 Å². The highest BCUT2D eigenvalue weighted by Crippen LogP contribution is 2.16. The summed E-state index contributed by atoms with van der Waals surface area (Å²) in [5.74, 6) is 0.813. The van der Waals surface area contributed by atoms with Gasteiger partial charge in [-0.25, -0.2) is 0 Å². The van der Waals surface area contributed by atoms with Crippen LogP contribution in [0.25, 0.3) is 0 Å². The topological polar surface area (TPSA) is 21.7 Å². The van der Waals surface area contributed by atoms with Gasteiger partial charge >= 0.3 is 0 Å². The third kappa shape index (κ3) is 5.84. The van der Waals surface area contributed by atoms with E-state index in [-0.39, 0.29) is 0 Å². The van der Waals surface area contributed by atoms with Crippen LogP contribution in [-0.2, 0) is 9.47 Å². The van der Waals surface area contributed by atoms with Crippen molar-refractivity contribution < 1.29 is 9.47 Å². The smallest absolute Gasteiger partial charge is 0.0702 e. The highest BCUT2D eigenvalue weighted by atomic mass is 16.5. The SMILES string of the molecule is CCC(CC)CN(CCOC)CC1CCCO1. The number of hydrogen-bond donors (Lipinski definition) is 0. The quantitative estimate of drug-likeness (QED) is 0.621. The van der Waals surface area contributed by atoms with E-state index in [1.807, 2.05) is 0 Å². The maximum Gasteiger partial charge on any atom is 0.0702 e. The van der Waals surface area contributed by atoms with Crippen LogP contribution in [0.2, 0.25) is 0 Å². The average molecular weight is 243 g/mol. The Balaban J connectivity index is 2.34. The number of rotatable bonds is 9. The molecule has 0 aromatic rings. The van der Waals surface area contributed by atoms with Crippen LogP contribution >= 0.6 is 0 Å². The molecule has 1 fully saturated rings. The van der Waals surface area contributed by atoms with Crippen LogP contribution in [0.5, 0.6) is 0 Å². The van der Waals surface area contributed by atoms with Crippen LogP contribution in [0.4, 0.5) is 0 Å². The summed E-state index contributed by atoms with van der Waals surface area (Å²) in [6.45, 7) is 9.66. The molecule has 0 amide bonds. The van der Waals surface area contributed by atoms with Crippen molar-refractivity contribution in [3.63, 3.8) is 0 Å². The summed E-state index contributed by atoms with van der Waals surface area (Å²) in [5, 5.41) is 0. The maximum atomic E-state index is 5.73. The first-order chi connectivity index (χ1) is 8.30. The Bertz CT molecular complexity index is 173. The lowest BCUT2D eigenvalue weighted by molar-refractivity contribution is 0.0548. The monoisotopic (exact) mass is 243 g/mol. The number of nitrogens with zero attached hydrogens (tertiary/aromatic N) is 1. The third-order valence-electron chi connectivity index (χ3n) is 3.77. The molecule has 0 aromatic carbocycles. The molecule has 0 radical (unpaired) electrons. The van der Waals surface area contributed by atoms with Gasteiger partial charge in [-0.3, -0.25) is 4.90 Å². The van der Waals surface area contributed by atoms with Crippen LogP contribution in [0.15, 0.2) is 0 Å². The summed E-state index contributed by atoms with van der Waals surface area (Å²) >= 11 is 0. The van der Waals surface area contributed by atoms with Crippen molar-refractivity contribution in [3.8, 4) is 0 Å². The van der Waals surface area contributed by atoms with Gasteiger partial charge in [0.05, 0.1) is 12.7 Å². The molecule has 1 aliphatic rings. The molecular formula is C14H29NO2. The molecule has 3 nitrogen and oxygen atoms in total. The molecular weight excluding hydrogens is 214 g/mol. The lowest BCUT2D eigenvalue weighted by Crippen LogP contribution is -2.38. The lowest BCUT2D eigenvalue weighted by Gasteiger charge is -2.28. The van der Waals surface area contributed by atoms with E-state index in [1.54, 1.807) is 7.11 Å². The van der Waals surface area contributed by atoms with Gasteiger partial charge in [0.25, 0.3) is 0 Å². The number of hydrogen-bond acceptors (Lipinski definition) is 3. The Labute approximate surface area is 106 Å². The van der Waals surface area contributed by atoms with E-state index in [2.05, 4.69) is 18.7 Å². The Hall–Kier alpha value is -0.120. The van der Waals surface area contributed by atoms with E-state index in [9.17, 15) is 0 Å². The first-order valence-electron chi connectivity index (χ1n) is 7.13. The molecule has 0 N–H and O–H groups in total. The molecule has 17 heavy (non-hydrogen) atoms. The third-order valence-corrected chi connectivity index (χ3v) is 3.77. The van der Waals surface area contributed by atoms with Gasteiger partial charge in [0.2, 0.25) is 0 Å². The van der Waals surface area contributed by atoms with Crippen LogP contribution < -0.4 is 0 Å². The van der Waals surface area contributed by atoms with E-state index in [0.29, 0.717) is 6.10 Å². The van der Waals surface area contributed by atoms with Crippen LogP contribution in [0, 0.1) is 5.92 Å². The van der Waals surface area contributed by atoms with Gasteiger partial charge in [-0.2, -0.15) is 0 Å². The Kier molecular flexibility index (Phi) is 7.82. The van der Waals surface area contributed by atoms with Crippen molar-refractivity contribution in [1.29, 1.82) is 0 Å². The normalized spacial score (nSPS) is 20.6. The first kappa shape index (κ1) is 14.9. The molecule has 1 saturated heterocycles. The molecule has 0 aliphatic carbocycles. The second kappa shape index (κ2) is 8.90. The average Bonchev–Trinajstić information content (AvgIpc) is 2.85. The van der Waals surface area contributed by atoms with Crippen molar-refractivity contribution in [1.82, 2.24) is 4.90 Å². The van der Waals surface area contributed by atoms with Crippen LogP contribution in [0.3, 0.4) is 0 Å². The van der Waals surface area contributed by atoms with E-state index >= 15 is 0 Å². The van der Waals surface area contributed by atoms with Crippen molar-refractivity contribution in [3.05, 3.63) is 0 Å². The summed E-state index contributed by atoms with van der Waals surface area (Å²) in [5.41, 5.74) is 0. The molecule has 3 heteroatoms. The minimum atomic E-state index is 0.459. The van der Waals surface area contributed by atoms with Crippen LogP contribution in [0.1, 0.15) is 39.5 Å². The first-order valence-corrected chi connectivity index (χ1v) is 7.13. The fourth-order valence-electron chi connectivity index (χ4n) is 2.47. The minimum Gasteiger partial charge on any atom is -0.383 e. The second-order valence-electron chi connectivity index (χ2n) is 5.07. The Morgan fingerprint density at radius 3 is 2.65 bits per heavy atom. The maximum absolute atomic E-state index is 5.73. The van der Waals surface area contributed by atoms with Crippen LogP contribution in [-0.4, -0.2) is 51.0 Å². The van der Waals surface area contributed by atoms with Gasteiger partial charge in [0.1, 0.15) is 0 Å². The fraction of sp³-hybridized carbons (Fsp3) is 1.00. The highest BCUT2D eigenvalue weighted by Gasteiger charge is 2.20. The zero-order valence-corrected chi connectivity index (χ0v) is 11.8. The van der Waals surface area contributed by atoms with Crippen molar-refractivity contribution >= 4 is 0 Å². The summed E-state index contributed by atoms with van der Waals surface area (Å²) in [4.78, 5) is 2.52. The van der Waals surface area contributed by atoms with Gasteiger partial charge in [0.15, 0.2) is 0 Å². The number of ether oxygens (including phenoxy) is 2. The predicted molar refractivity (Wildman–Crippen MR) is 71.4 cm³/mol. The standard InChI is InChI=1S/C14H29NO2/c1-4-13(5-2)11-15(8-10-16-3)12-14-7-6-9-17-14/h13-14H,4-12H2,1-3H3. The molecule has 1 unspecified atom stereocenters. The molecule has 1 atom stereocenters. The Morgan fingerprint density at radius 1 is 1.35 bits per heavy atom. The van der Waals surface area contributed by atoms with E-state index in [4.69, 9.17) is 9.47 Å². The zero-order chi connectivity index (χ0) is 12.5. The summed E-state index contributed by atoms with van der Waals surface area (Å²) in [6, 6.07) is 0. The van der Waals surface area contributed by atoms with Gasteiger partial charge in [-0.05, 0) is 18.8 Å². The number of methoxy groups -OCH3 is 1. The zero-order valence-electron chi connectivity index (χ0n) is 11.8. The molecule has 0 bridgehead atoms. The predicted octanol–water partition coefficient (Wildman–Crippen LogP) is 2.55. The fourth-order valence-corrected chi connectivity index (χ4v) is 2.47. The van der Waals surface area contributed by atoms with E-state index in [1.165, 1.54) is 32.2 Å². The van der Waals surface area contributed by atoms with Crippen molar-refractivity contribution in [2.24, 2.45) is 5.92 Å². The summed E-state index contributed by atoms with van der Waals surface area (Å²) < 4.78 is 10.9. The van der Waals surface area contributed by atoms with Crippen molar-refractivity contribution in [2.75, 3.05) is 40.0 Å². The lowest BCUT2D eigenvalue weighted by atomic mass is 10.0. The molecule has 0 saturated carbocycles. The second-order valence-corrected chi connectivity index (χ2v) is 5.07. The minimum absolute atomic E-state index is 0.459. The molecule has 0 spiro atoms. The molecule has 1 heterocycles. The Morgan fingerprint density at radius 2 is 2.12 bits per heavy atom. The van der Waals surface area contributed by atoms with Gasteiger partial charge in [-0.15, -0.1) is 0 Å². The molecule has 1 rings (SSSR count). The van der Waals surface area contributed by atoms with Gasteiger partial charge in [0, 0.05) is 33.4 Å². The highest BCUT2D eigenvalue weighted by molar-refractivity contribution is 4.72. The van der Waals surface area contributed by atoms with Gasteiger partial charge < -0.3 is 9.47 Å². The molecule has 1 aliphatic heterocycles. The largest absolute Gasteiger partial charge is 0.383 e.